The first-order chi connectivity index (χ1) is 17.4. The van der Waals surface area contributed by atoms with E-state index in [0.29, 0.717) is 29.4 Å². The second-order valence-corrected chi connectivity index (χ2v) is 11.7. The fraction of sp³-hybridized carbons (Fsp3) is 0.556. The number of ether oxygens (including phenoxy) is 2. The van der Waals surface area contributed by atoms with Crippen molar-refractivity contribution < 1.29 is 14.3 Å². The van der Waals surface area contributed by atoms with Crippen LogP contribution >= 0.6 is 0 Å². The Morgan fingerprint density at radius 3 is 2.54 bits per heavy atom. The number of pyridine rings is 1. The molecule has 10 heteroatoms. The molecule has 0 aromatic carbocycles. The number of nitrogens with zero attached hydrogens (tertiary/aromatic N) is 7. The summed E-state index contributed by atoms with van der Waals surface area (Å²) in [5.74, 6) is 0.604. The molecule has 0 aliphatic carbocycles. The van der Waals surface area contributed by atoms with Gasteiger partial charge in [0, 0.05) is 54.2 Å². The van der Waals surface area contributed by atoms with Crippen molar-refractivity contribution in [3.8, 4) is 22.9 Å². The Morgan fingerprint density at radius 1 is 1.16 bits per heavy atom. The fourth-order valence-electron chi connectivity index (χ4n) is 5.58. The molecule has 2 aliphatic heterocycles. The van der Waals surface area contributed by atoms with Crippen molar-refractivity contribution in [2.24, 2.45) is 0 Å². The topological polar surface area (TPSA) is 101 Å². The molecule has 0 N–H and O–H groups in total. The Bertz CT molecular complexity index is 1390. The van der Waals surface area contributed by atoms with E-state index in [-0.39, 0.29) is 17.7 Å². The van der Waals surface area contributed by atoms with Crippen LogP contribution in [0.2, 0.25) is 0 Å². The average Bonchev–Trinajstić information content (AvgIpc) is 3.46. The molecule has 2 aliphatic rings. The van der Waals surface area contributed by atoms with Crippen molar-refractivity contribution in [3.05, 3.63) is 35.9 Å². The highest BCUT2D eigenvalue weighted by Gasteiger charge is 2.47. The van der Waals surface area contributed by atoms with E-state index in [2.05, 4.69) is 41.5 Å². The Balaban J connectivity index is 1.30. The van der Waals surface area contributed by atoms with Gasteiger partial charge in [0.25, 0.3) is 0 Å². The number of amides is 1. The number of hydrogen-bond donors (Lipinski definition) is 0. The number of carbonyl (C=O) groups excluding carboxylic acids is 1. The van der Waals surface area contributed by atoms with Gasteiger partial charge in [0.05, 0.1) is 25.5 Å². The highest BCUT2D eigenvalue weighted by atomic mass is 16.6. The zero-order valence-electron chi connectivity index (χ0n) is 22.6. The highest BCUT2D eigenvalue weighted by Crippen LogP contribution is 2.38. The van der Waals surface area contributed by atoms with Gasteiger partial charge in [0.15, 0.2) is 0 Å². The van der Waals surface area contributed by atoms with E-state index in [1.54, 1.807) is 17.8 Å². The summed E-state index contributed by atoms with van der Waals surface area (Å²) in [6.45, 7) is 14.5. The van der Waals surface area contributed by atoms with Gasteiger partial charge in [-0.15, -0.1) is 0 Å². The van der Waals surface area contributed by atoms with Crippen LogP contribution in [-0.2, 0) is 4.74 Å². The van der Waals surface area contributed by atoms with Crippen LogP contribution in [0.5, 0.6) is 5.75 Å². The lowest BCUT2D eigenvalue weighted by Crippen LogP contribution is -2.54. The number of nitriles is 1. The van der Waals surface area contributed by atoms with Crippen LogP contribution in [0.1, 0.15) is 58.3 Å². The zero-order chi connectivity index (χ0) is 26.7. The molecule has 1 amide bonds. The molecule has 1 unspecified atom stereocenters. The molecule has 196 valence electrons. The lowest BCUT2D eigenvalue weighted by molar-refractivity contribution is 0.0112. The first kappa shape index (κ1) is 25.1. The molecule has 2 fully saturated rings. The lowest BCUT2D eigenvalue weighted by Gasteiger charge is -2.43. The summed E-state index contributed by atoms with van der Waals surface area (Å²) >= 11 is 0. The monoisotopic (exact) mass is 505 g/mol. The third-order valence-corrected chi connectivity index (χ3v) is 7.50. The van der Waals surface area contributed by atoms with Gasteiger partial charge >= 0.3 is 6.09 Å². The molecule has 10 nitrogen and oxygen atoms in total. The largest absolute Gasteiger partial charge is 0.494 e. The van der Waals surface area contributed by atoms with Gasteiger partial charge < -0.3 is 14.4 Å². The van der Waals surface area contributed by atoms with Gasteiger partial charge in [-0.3, -0.25) is 9.58 Å². The SMILES string of the molecule is COc1cc(-c2cnn(C3CN(C4CN(C(=O)OC(C)(C)C)C(C)(C)C4)C3)c2C)cn2ncc(C#N)c12. The van der Waals surface area contributed by atoms with Crippen molar-refractivity contribution in [2.75, 3.05) is 26.7 Å². The highest BCUT2D eigenvalue weighted by molar-refractivity contribution is 5.76. The second-order valence-electron chi connectivity index (χ2n) is 11.7. The van der Waals surface area contributed by atoms with Crippen LogP contribution in [-0.4, -0.2) is 79.2 Å². The minimum Gasteiger partial charge on any atom is -0.494 e. The molecule has 37 heavy (non-hydrogen) atoms. The fourth-order valence-corrected chi connectivity index (χ4v) is 5.58. The average molecular weight is 506 g/mol. The van der Waals surface area contributed by atoms with E-state index in [9.17, 15) is 10.1 Å². The van der Waals surface area contributed by atoms with Crippen LogP contribution in [0.4, 0.5) is 4.79 Å². The Kier molecular flexibility index (Phi) is 5.94. The van der Waals surface area contributed by atoms with Gasteiger partial charge in [-0.25, -0.2) is 9.31 Å². The molecule has 1 atom stereocenters. The smallest absolute Gasteiger partial charge is 0.410 e. The molecular formula is C27H35N7O3. The number of likely N-dealkylation sites (tertiary alicyclic amines) is 2. The van der Waals surface area contributed by atoms with E-state index in [1.165, 1.54) is 0 Å². The van der Waals surface area contributed by atoms with Crippen molar-refractivity contribution in [2.45, 2.75) is 71.2 Å². The molecule has 0 radical (unpaired) electrons. The maximum Gasteiger partial charge on any atom is 0.410 e. The van der Waals surface area contributed by atoms with Crippen molar-refractivity contribution in [3.63, 3.8) is 0 Å². The Morgan fingerprint density at radius 2 is 1.89 bits per heavy atom. The molecule has 2 saturated heterocycles. The second kappa shape index (κ2) is 8.77. The minimum absolute atomic E-state index is 0.240. The quantitative estimate of drug-likeness (QED) is 0.528. The minimum atomic E-state index is -0.508. The van der Waals surface area contributed by atoms with E-state index in [1.807, 2.05) is 44.1 Å². The van der Waals surface area contributed by atoms with Crippen LogP contribution in [0.3, 0.4) is 0 Å². The molecule has 5 heterocycles. The standard InChI is InChI=1S/C27H35N7O3/c1-17-22(18-8-23(36-7)24-19(10-28)11-29-33(24)13-18)12-30-34(17)21-14-31(15-21)20-9-27(5,6)32(16-20)25(35)37-26(2,3)4/h8,11-13,20-21H,9,14-16H2,1-7H3. The number of methoxy groups -OCH3 is 1. The van der Waals surface area contributed by atoms with Gasteiger partial charge in [-0.1, -0.05) is 0 Å². The maximum absolute atomic E-state index is 12.8. The van der Waals surface area contributed by atoms with Crippen LogP contribution in [0, 0.1) is 18.3 Å². The normalized spacial score (nSPS) is 20.2. The first-order valence-electron chi connectivity index (χ1n) is 12.7. The van der Waals surface area contributed by atoms with Gasteiger partial charge in [-0.05, 0) is 54.0 Å². The summed E-state index contributed by atoms with van der Waals surface area (Å²) in [7, 11) is 1.60. The van der Waals surface area contributed by atoms with E-state index in [0.717, 1.165) is 36.3 Å². The van der Waals surface area contributed by atoms with E-state index in [4.69, 9.17) is 14.6 Å². The van der Waals surface area contributed by atoms with E-state index < -0.39 is 5.60 Å². The third-order valence-electron chi connectivity index (χ3n) is 7.50. The Hall–Kier alpha value is -3.58. The summed E-state index contributed by atoms with van der Waals surface area (Å²) in [6.07, 6.45) is 6.02. The van der Waals surface area contributed by atoms with Gasteiger partial charge in [-0.2, -0.15) is 15.5 Å². The predicted molar refractivity (Wildman–Crippen MR) is 138 cm³/mol. The lowest BCUT2D eigenvalue weighted by atomic mass is 9.97. The Labute approximate surface area is 217 Å². The summed E-state index contributed by atoms with van der Waals surface area (Å²) < 4.78 is 15.0. The number of hydrogen-bond acceptors (Lipinski definition) is 7. The molecule has 0 spiro atoms. The first-order valence-corrected chi connectivity index (χ1v) is 12.7. The van der Waals surface area contributed by atoms with Crippen LogP contribution < -0.4 is 4.74 Å². The van der Waals surface area contributed by atoms with Gasteiger partial charge in [0.1, 0.15) is 28.5 Å². The zero-order valence-corrected chi connectivity index (χ0v) is 22.6. The number of rotatable bonds is 4. The number of fused-ring (bicyclic) bond motifs is 1. The third kappa shape index (κ3) is 4.42. The summed E-state index contributed by atoms with van der Waals surface area (Å²) in [5, 5.41) is 18.4. The van der Waals surface area contributed by atoms with Crippen molar-refractivity contribution >= 4 is 11.6 Å². The molecule has 3 aromatic heterocycles. The van der Waals surface area contributed by atoms with Gasteiger partial charge in [0.2, 0.25) is 0 Å². The summed E-state index contributed by atoms with van der Waals surface area (Å²) in [5.41, 5.74) is 3.39. The van der Waals surface area contributed by atoms with Crippen molar-refractivity contribution in [1.29, 1.82) is 5.26 Å². The summed E-state index contributed by atoms with van der Waals surface area (Å²) in [4.78, 5) is 17.1. The molecule has 0 bridgehead atoms. The molecule has 0 saturated carbocycles. The molecular weight excluding hydrogens is 470 g/mol. The van der Waals surface area contributed by atoms with Crippen molar-refractivity contribution in [1.82, 2.24) is 29.2 Å². The number of carbonyl (C=O) groups is 1. The van der Waals surface area contributed by atoms with Crippen LogP contribution in [0.15, 0.2) is 24.7 Å². The predicted octanol–water partition coefficient (Wildman–Crippen LogP) is 4.03. The van der Waals surface area contributed by atoms with Crippen LogP contribution in [0.25, 0.3) is 16.6 Å². The maximum atomic E-state index is 12.8. The summed E-state index contributed by atoms with van der Waals surface area (Å²) in [6, 6.07) is 4.68. The molecule has 5 rings (SSSR count). The molecule has 3 aromatic rings. The number of aromatic nitrogens is 4. The van der Waals surface area contributed by atoms with E-state index >= 15 is 0 Å².